The summed E-state index contributed by atoms with van der Waals surface area (Å²) in [5, 5.41) is 3.44. The molecule has 1 saturated carbocycles. The number of hydrogen-bond donors (Lipinski definition) is 1. The largest absolute Gasteiger partial charge is 0.319 e. The van der Waals surface area contributed by atoms with Gasteiger partial charge in [0.25, 0.3) is 0 Å². The van der Waals surface area contributed by atoms with Gasteiger partial charge in [-0.3, -0.25) is 0 Å². The van der Waals surface area contributed by atoms with Crippen LogP contribution in [0.5, 0.6) is 0 Å². The van der Waals surface area contributed by atoms with E-state index in [1.165, 1.54) is 49.9 Å². The zero-order chi connectivity index (χ0) is 13.3. The molecule has 0 amide bonds. The highest BCUT2D eigenvalue weighted by molar-refractivity contribution is 5.31. The van der Waals surface area contributed by atoms with Crippen LogP contribution in [0.25, 0.3) is 0 Å². The van der Waals surface area contributed by atoms with Gasteiger partial charge in [0.15, 0.2) is 0 Å². The van der Waals surface area contributed by atoms with Crippen LogP contribution in [0.2, 0.25) is 0 Å². The number of likely N-dealkylation sites (N-methyl/N-ethyl adjacent to an activating group) is 1. The molecule has 2 aliphatic rings. The number of hydrogen-bond acceptors (Lipinski definition) is 2. The van der Waals surface area contributed by atoms with Gasteiger partial charge < -0.3 is 10.2 Å². The van der Waals surface area contributed by atoms with E-state index in [1.54, 1.807) is 0 Å². The first kappa shape index (κ1) is 13.1. The zero-order valence-electron chi connectivity index (χ0n) is 12.3. The number of nitrogens with zero attached hydrogens (tertiary/aromatic N) is 1. The zero-order valence-corrected chi connectivity index (χ0v) is 12.3. The minimum atomic E-state index is 0.353. The molecule has 1 aliphatic carbocycles. The third-order valence-corrected chi connectivity index (χ3v) is 4.96. The summed E-state index contributed by atoms with van der Waals surface area (Å²) in [6.45, 7) is 5.87. The van der Waals surface area contributed by atoms with Gasteiger partial charge in [0.1, 0.15) is 0 Å². The maximum absolute atomic E-state index is 3.44. The van der Waals surface area contributed by atoms with E-state index in [4.69, 9.17) is 0 Å². The Bertz CT molecular complexity index is 429. The Morgan fingerprint density at radius 2 is 2.00 bits per heavy atom. The molecule has 0 radical (unpaired) electrons. The van der Waals surface area contributed by atoms with Gasteiger partial charge in [-0.1, -0.05) is 29.8 Å². The normalized spacial score (nSPS) is 23.5. The van der Waals surface area contributed by atoms with E-state index in [9.17, 15) is 0 Å². The predicted octanol–water partition coefficient (Wildman–Crippen LogP) is 2.71. The average molecular weight is 258 g/mol. The Hall–Kier alpha value is -0.860. The van der Waals surface area contributed by atoms with Crippen LogP contribution < -0.4 is 5.32 Å². The standard InChI is InChI=1S/C17H26N2/c1-14-4-3-5-15(12-14)17(13-18-2)8-10-19(11-9-17)16-6-7-16/h3-5,12,16,18H,6-11,13H2,1-2H3. The minimum absolute atomic E-state index is 0.353. The molecular weight excluding hydrogens is 232 g/mol. The molecule has 104 valence electrons. The van der Waals surface area contributed by atoms with Crippen molar-refractivity contribution >= 4 is 0 Å². The molecule has 1 N–H and O–H groups in total. The fourth-order valence-corrected chi connectivity index (χ4v) is 3.64. The number of benzene rings is 1. The maximum Gasteiger partial charge on any atom is 0.0102 e. The summed E-state index contributed by atoms with van der Waals surface area (Å²) < 4.78 is 0. The van der Waals surface area contributed by atoms with Crippen molar-refractivity contribution in [3.05, 3.63) is 35.4 Å². The van der Waals surface area contributed by atoms with Crippen molar-refractivity contribution in [3.8, 4) is 0 Å². The van der Waals surface area contributed by atoms with Crippen molar-refractivity contribution in [2.45, 2.75) is 44.1 Å². The molecule has 0 spiro atoms. The Labute approximate surface area is 117 Å². The lowest BCUT2D eigenvalue weighted by Crippen LogP contribution is -2.48. The molecule has 2 heteroatoms. The molecule has 1 heterocycles. The van der Waals surface area contributed by atoms with E-state index in [-0.39, 0.29) is 0 Å². The van der Waals surface area contributed by atoms with Gasteiger partial charge in [0.05, 0.1) is 0 Å². The summed E-state index contributed by atoms with van der Waals surface area (Å²) in [5.41, 5.74) is 3.28. The quantitative estimate of drug-likeness (QED) is 0.893. The predicted molar refractivity (Wildman–Crippen MR) is 80.6 cm³/mol. The van der Waals surface area contributed by atoms with E-state index < -0.39 is 0 Å². The van der Waals surface area contributed by atoms with Crippen molar-refractivity contribution in [2.75, 3.05) is 26.7 Å². The summed E-state index contributed by atoms with van der Waals surface area (Å²) in [7, 11) is 2.09. The fourth-order valence-electron chi connectivity index (χ4n) is 3.64. The van der Waals surface area contributed by atoms with Crippen molar-refractivity contribution in [3.63, 3.8) is 0 Å². The highest BCUT2D eigenvalue weighted by Crippen LogP contribution is 2.39. The lowest BCUT2D eigenvalue weighted by molar-refractivity contribution is 0.150. The Morgan fingerprint density at radius 3 is 2.58 bits per heavy atom. The van der Waals surface area contributed by atoms with Crippen LogP contribution >= 0.6 is 0 Å². The second-order valence-corrected chi connectivity index (χ2v) is 6.45. The van der Waals surface area contributed by atoms with E-state index in [1.807, 2.05) is 0 Å². The number of aryl methyl sites for hydroxylation is 1. The summed E-state index contributed by atoms with van der Waals surface area (Å²) in [6.07, 6.45) is 5.47. The summed E-state index contributed by atoms with van der Waals surface area (Å²) in [6, 6.07) is 10.1. The Kier molecular flexibility index (Phi) is 3.64. The highest BCUT2D eigenvalue weighted by atomic mass is 15.2. The molecular formula is C17H26N2. The van der Waals surface area contributed by atoms with E-state index in [2.05, 4.69) is 48.5 Å². The molecule has 1 aromatic carbocycles. The van der Waals surface area contributed by atoms with Crippen LogP contribution in [0, 0.1) is 6.92 Å². The molecule has 1 aromatic rings. The molecule has 1 saturated heterocycles. The molecule has 19 heavy (non-hydrogen) atoms. The summed E-state index contributed by atoms with van der Waals surface area (Å²) >= 11 is 0. The second-order valence-electron chi connectivity index (χ2n) is 6.45. The Balaban J connectivity index is 1.79. The van der Waals surface area contributed by atoms with Crippen LogP contribution in [0.1, 0.15) is 36.8 Å². The SMILES string of the molecule is CNCC1(c2cccc(C)c2)CCN(C2CC2)CC1. The van der Waals surface area contributed by atoms with Crippen LogP contribution in [0.15, 0.2) is 24.3 Å². The maximum atomic E-state index is 3.44. The van der Waals surface area contributed by atoms with Gasteiger partial charge in [-0.2, -0.15) is 0 Å². The van der Waals surface area contributed by atoms with Gasteiger partial charge in [0, 0.05) is 18.0 Å². The number of piperidine rings is 1. The summed E-state index contributed by atoms with van der Waals surface area (Å²) in [5.74, 6) is 0. The summed E-state index contributed by atoms with van der Waals surface area (Å²) in [4.78, 5) is 2.71. The van der Waals surface area contributed by atoms with Gasteiger partial charge >= 0.3 is 0 Å². The number of nitrogens with one attached hydrogen (secondary N) is 1. The fraction of sp³-hybridized carbons (Fsp3) is 0.647. The van der Waals surface area contributed by atoms with Crippen LogP contribution in [-0.4, -0.2) is 37.6 Å². The number of likely N-dealkylation sites (tertiary alicyclic amines) is 1. The van der Waals surface area contributed by atoms with Crippen molar-refractivity contribution in [1.82, 2.24) is 10.2 Å². The topological polar surface area (TPSA) is 15.3 Å². The first-order valence-corrected chi connectivity index (χ1v) is 7.69. The first-order chi connectivity index (χ1) is 9.23. The average Bonchev–Trinajstić information content (AvgIpc) is 3.24. The molecule has 3 rings (SSSR count). The van der Waals surface area contributed by atoms with Gasteiger partial charge in [0.2, 0.25) is 0 Å². The molecule has 2 nitrogen and oxygen atoms in total. The van der Waals surface area contributed by atoms with Gasteiger partial charge in [-0.15, -0.1) is 0 Å². The highest BCUT2D eigenvalue weighted by Gasteiger charge is 2.39. The molecule has 0 atom stereocenters. The molecule has 0 aromatic heterocycles. The van der Waals surface area contributed by atoms with Crippen molar-refractivity contribution in [1.29, 1.82) is 0 Å². The second kappa shape index (κ2) is 5.26. The van der Waals surface area contributed by atoms with E-state index >= 15 is 0 Å². The third-order valence-electron chi connectivity index (χ3n) is 4.96. The van der Waals surface area contributed by atoms with E-state index in [0.29, 0.717) is 5.41 Å². The van der Waals surface area contributed by atoms with Crippen molar-refractivity contribution in [2.24, 2.45) is 0 Å². The molecule has 2 fully saturated rings. The first-order valence-electron chi connectivity index (χ1n) is 7.69. The monoisotopic (exact) mass is 258 g/mol. The van der Waals surface area contributed by atoms with Crippen molar-refractivity contribution < 1.29 is 0 Å². The lowest BCUT2D eigenvalue weighted by Gasteiger charge is -2.42. The molecule has 1 aliphatic heterocycles. The Morgan fingerprint density at radius 1 is 1.26 bits per heavy atom. The van der Waals surface area contributed by atoms with Gasteiger partial charge in [-0.25, -0.2) is 0 Å². The van der Waals surface area contributed by atoms with Gasteiger partial charge in [-0.05, 0) is 58.3 Å². The van der Waals surface area contributed by atoms with Crippen LogP contribution in [0.3, 0.4) is 0 Å². The van der Waals surface area contributed by atoms with Crippen LogP contribution in [-0.2, 0) is 5.41 Å². The third kappa shape index (κ3) is 2.70. The van der Waals surface area contributed by atoms with Crippen LogP contribution in [0.4, 0.5) is 0 Å². The smallest absolute Gasteiger partial charge is 0.0102 e. The van der Waals surface area contributed by atoms with E-state index in [0.717, 1.165) is 12.6 Å². The molecule has 0 bridgehead atoms. The number of rotatable bonds is 4. The minimum Gasteiger partial charge on any atom is -0.319 e. The molecule has 0 unspecified atom stereocenters. The lowest BCUT2D eigenvalue weighted by atomic mass is 9.72.